The lowest BCUT2D eigenvalue weighted by Crippen LogP contribution is -2.52. The first-order valence-electron chi connectivity index (χ1n) is 23.9. The number of fused-ring (bicyclic) bond motifs is 3. The number of carbonyl (C=O) groups is 5. The highest BCUT2D eigenvalue weighted by Gasteiger charge is 2.40. The number of piperidine rings is 3. The van der Waals surface area contributed by atoms with E-state index in [1.165, 1.54) is 48.0 Å². The van der Waals surface area contributed by atoms with Gasteiger partial charge in [0.2, 0.25) is 29.0 Å². The molecule has 1 unspecified atom stereocenters. The van der Waals surface area contributed by atoms with E-state index in [1.54, 1.807) is 25.2 Å². The molecule has 3 saturated heterocycles. The van der Waals surface area contributed by atoms with E-state index in [-0.39, 0.29) is 75.6 Å². The Morgan fingerprint density at radius 3 is 2.32 bits per heavy atom. The van der Waals surface area contributed by atoms with Gasteiger partial charge in [-0.25, -0.2) is 14.4 Å². The summed E-state index contributed by atoms with van der Waals surface area (Å²) >= 11 is 0. The van der Waals surface area contributed by atoms with E-state index in [4.69, 9.17) is 14.2 Å². The Hall–Kier alpha value is -8.30. The molecule has 2 N–H and O–H groups in total. The molecule has 4 aliphatic rings. The van der Waals surface area contributed by atoms with Crippen LogP contribution in [0.25, 0.3) is 21.8 Å². The lowest BCUT2D eigenvalue weighted by molar-refractivity contribution is -0.274. The van der Waals surface area contributed by atoms with Gasteiger partial charge in [0.15, 0.2) is 23.1 Å². The molecule has 4 aliphatic heterocycles. The van der Waals surface area contributed by atoms with Crippen LogP contribution in [-0.4, -0.2) is 106 Å². The van der Waals surface area contributed by atoms with Crippen molar-refractivity contribution in [2.24, 2.45) is 13.0 Å². The third kappa shape index (κ3) is 9.70. The molecule has 3 fully saturated rings. The van der Waals surface area contributed by atoms with Crippen molar-refractivity contribution in [2.45, 2.75) is 70.5 Å². The second kappa shape index (κ2) is 19.6. The van der Waals surface area contributed by atoms with Gasteiger partial charge in [-0.15, -0.1) is 13.2 Å². The molecule has 18 nitrogen and oxygen atoms in total. The van der Waals surface area contributed by atoms with Crippen LogP contribution in [0, 0.1) is 18.7 Å². The highest BCUT2D eigenvalue weighted by atomic mass is 19.4. The minimum atomic E-state index is -5.00. The predicted molar refractivity (Wildman–Crippen MR) is 259 cm³/mol. The van der Waals surface area contributed by atoms with Crippen molar-refractivity contribution in [3.63, 3.8) is 0 Å². The average Bonchev–Trinajstić information content (AvgIpc) is 3.70. The van der Waals surface area contributed by atoms with Gasteiger partial charge in [-0.3, -0.25) is 34.1 Å². The smallest absolute Gasteiger partial charge is 0.493 e. The first-order valence-corrected chi connectivity index (χ1v) is 23.9. The topological polar surface area (TPSA) is 204 Å². The van der Waals surface area contributed by atoms with Gasteiger partial charge in [-0.05, 0) is 86.3 Å². The maximum absolute atomic E-state index is 15.7. The number of rotatable bonds is 11. The molecule has 5 amide bonds. The molecular formula is C52H48F4N8O10. The van der Waals surface area contributed by atoms with E-state index < -0.39 is 41.2 Å². The lowest BCUT2D eigenvalue weighted by Gasteiger charge is -2.38. The molecule has 384 valence electrons. The van der Waals surface area contributed by atoms with Gasteiger partial charge >= 0.3 is 6.36 Å². The summed E-state index contributed by atoms with van der Waals surface area (Å²) in [4.78, 5) is 92.3. The molecule has 22 heteroatoms. The third-order valence-electron chi connectivity index (χ3n) is 14.2. The van der Waals surface area contributed by atoms with Crippen molar-refractivity contribution in [3.8, 4) is 28.9 Å². The fourth-order valence-corrected chi connectivity index (χ4v) is 10.2. The van der Waals surface area contributed by atoms with Crippen LogP contribution < -0.4 is 39.9 Å². The number of carbonyl (C=O) groups excluding carboxylic acids is 5. The molecule has 74 heavy (non-hydrogen) atoms. The number of alkyl halides is 3. The minimum absolute atomic E-state index is 0.0144. The van der Waals surface area contributed by atoms with E-state index >= 15 is 4.39 Å². The molecule has 2 aromatic heterocycles. The van der Waals surface area contributed by atoms with Crippen LogP contribution in [0.3, 0.4) is 0 Å². The number of hydrogen-bond donors (Lipinski definition) is 2. The average molecular weight is 1020 g/mol. The minimum Gasteiger partial charge on any atom is -0.493 e. The summed E-state index contributed by atoms with van der Waals surface area (Å²) in [6.45, 7) is 4.13. The number of benzene rings is 4. The molecular weight excluding hydrogens is 973 g/mol. The first kappa shape index (κ1) is 49.3. The number of halogens is 4. The zero-order valence-electron chi connectivity index (χ0n) is 40.2. The maximum atomic E-state index is 15.7. The zero-order valence-corrected chi connectivity index (χ0v) is 40.2. The number of aromatic nitrogens is 3. The molecule has 1 atom stereocenters. The fourth-order valence-electron chi connectivity index (χ4n) is 10.2. The number of ether oxygens (including phenoxy) is 4. The molecule has 0 spiro atoms. The largest absolute Gasteiger partial charge is 0.573 e. The zero-order chi connectivity index (χ0) is 52.2. The summed E-state index contributed by atoms with van der Waals surface area (Å²) in [6, 6.07) is 15.1. The number of hydrogen-bond acceptors (Lipinski definition) is 13. The fraction of sp³-hybridized carbons (Fsp3) is 0.346. The monoisotopic (exact) mass is 1020 g/mol. The maximum Gasteiger partial charge on any atom is 0.573 e. The SMILES string of the molecule is COc1cc2c(Oc3ccc(NC(=O)c4c(C)n(C)c5ccc(OC(F)(F)F)cc5c4=O)cc3F)ncnc2cc1OC1CCN(C(=O)C2CCN(c3ccc4c(c3)CN(C3CCC(=O)NC3=O)C4=O)CC2)CC1. The molecule has 0 bridgehead atoms. The molecule has 6 heterocycles. The van der Waals surface area contributed by atoms with Crippen molar-refractivity contribution in [2.75, 3.05) is 43.5 Å². The van der Waals surface area contributed by atoms with E-state index in [0.29, 0.717) is 92.8 Å². The van der Waals surface area contributed by atoms with E-state index in [1.807, 2.05) is 17.0 Å². The first-order chi connectivity index (χ1) is 35.4. The molecule has 4 aromatic carbocycles. The number of likely N-dealkylation sites (tertiary alicyclic amines) is 1. The number of pyridine rings is 1. The van der Waals surface area contributed by atoms with Gasteiger partial charge in [0.05, 0.1) is 28.9 Å². The standard InChI is InChI=1S/C52H48F4N8O10/c1-27-45(46(66)36-22-33(74-52(54,55)56)6-8-39(36)61(27)2)48(68)59-30-4-10-41(37(53)21-30)73-49-35-23-42(71-3)43(24-38(35)57-26-58-49)72-32-14-18-63(19-15-32)50(69)28-12-16-62(17-13-28)31-5-7-34-29(20-31)25-64(51(34)70)40-9-11-44(65)60-47(40)67/h4-8,10,20-24,26,28,32,40H,9,11-19,25H2,1-3H3,(H,59,68)(H,60,65,67). The van der Waals surface area contributed by atoms with E-state index in [2.05, 4.69) is 30.2 Å². The third-order valence-corrected chi connectivity index (χ3v) is 14.2. The summed E-state index contributed by atoms with van der Waals surface area (Å²) in [7, 11) is 3.01. The van der Waals surface area contributed by atoms with Gasteiger partial charge in [-0.1, -0.05) is 0 Å². The molecule has 6 aromatic rings. The molecule has 0 saturated carbocycles. The van der Waals surface area contributed by atoms with Crippen LogP contribution in [0.15, 0.2) is 77.9 Å². The van der Waals surface area contributed by atoms with Crippen LogP contribution in [0.2, 0.25) is 0 Å². The highest BCUT2D eigenvalue weighted by molar-refractivity contribution is 6.07. The van der Waals surface area contributed by atoms with Crippen LogP contribution in [0.5, 0.6) is 28.9 Å². The second-order valence-electron chi connectivity index (χ2n) is 18.6. The van der Waals surface area contributed by atoms with Gasteiger partial charge in [-0.2, -0.15) is 0 Å². The Labute approximate surface area is 419 Å². The van der Waals surface area contributed by atoms with Crippen LogP contribution in [0.1, 0.15) is 70.5 Å². The Morgan fingerprint density at radius 1 is 0.838 bits per heavy atom. The summed E-state index contributed by atoms with van der Waals surface area (Å²) < 4.78 is 77.9. The molecule has 0 aliphatic carbocycles. The normalized spacial score (nSPS) is 17.6. The second-order valence-corrected chi connectivity index (χ2v) is 18.6. The summed E-state index contributed by atoms with van der Waals surface area (Å²) in [5.74, 6) is -3.02. The van der Waals surface area contributed by atoms with Crippen molar-refractivity contribution in [1.29, 1.82) is 0 Å². The Kier molecular flexibility index (Phi) is 13.1. The number of amides is 5. The van der Waals surface area contributed by atoms with Gasteiger partial charge in [0, 0.05) is 99.7 Å². The Bertz CT molecular complexity index is 3350. The van der Waals surface area contributed by atoms with Crippen LogP contribution >= 0.6 is 0 Å². The molecule has 0 radical (unpaired) electrons. The Morgan fingerprint density at radius 2 is 1.61 bits per heavy atom. The van der Waals surface area contributed by atoms with Gasteiger partial charge in [0.25, 0.3) is 11.8 Å². The number of imide groups is 1. The van der Waals surface area contributed by atoms with Crippen molar-refractivity contribution >= 4 is 62.7 Å². The Balaban J connectivity index is 0.739. The number of anilines is 2. The van der Waals surface area contributed by atoms with Gasteiger partial charge < -0.3 is 43.5 Å². The van der Waals surface area contributed by atoms with E-state index in [0.717, 1.165) is 29.4 Å². The summed E-state index contributed by atoms with van der Waals surface area (Å²) in [5, 5.41) is 5.00. The number of aryl methyl sites for hydroxylation is 1. The molecule has 10 rings (SSSR count). The summed E-state index contributed by atoms with van der Waals surface area (Å²) in [5.41, 5.74) is 1.97. The van der Waals surface area contributed by atoms with Crippen molar-refractivity contribution < 1.29 is 60.5 Å². The van der Waals surface area contributed by atoms with Crippen LogP contribution in [0.4, 0.5) is 28.9 Å². The van der Waals surface area contributed by atoms with Crippen LogP contribution in [-0.2, 0) is 28.0 Å². The number of nitrogens with one attached hydrogen (secondary N) is 2. The quantitative estimate of drug-likeness (QED) is 0.100. The van der Waals surface area contributed by atoms with E-state index in [9.17, 15) is 41.9 Å². The van der Waals surface area contributed by atoms with Gasteiger partial charge in [0.1, 0.15) is 29.8 Å². The van der Waals surface area contributed by atoms with Crippen molar-refractivity contribution in [1.82, 2.24) is 29.7 Å². The predicted octanol–water partition coefficient (Wildman–Crippen LogP) is 6.93. The highest BCUT2D eigenvalue weighted by Crippen LogP contribution is 2.39. The lowest BCUT2D eigenvalue weighted by atomic mass is 9.93. The van der Waals surface area contributed by atoms with Crippen molar-refractivity contribution in [3.05, 3.63) is 111 Å². The summed E-state index contributed by atoms with van der Waals surface area (Å²) in [6.07, 6.45) is -1.03. The number of methoxy groups -OCH3 is 1. The number of nitrogens with zero attached hydrogens (tertiary/aromatic N) is 6.